The Morgan fingerprint density at radius 2 is 1.79 bits per heavy atom. The molecule has 0 aliphatic rings. The van der Waals surface area contributed by atoms with Crippen LogP contribution in [0.15, 0.2) is 42.5 Å². The second kappa shape index (κ2) is 8.05. The third-order valence-electron chi connectivity index (χ3n) is 3.19. The number of ether oxygens (including phenoxy) is 1. The van der Waals surface area contributed by atoms with Gasteiger partial charge in [-0.05, 0) is 36.4 Å². The minimum Gasteiger partial charge on any atom is -0.465 e. The Hall–Kier alpha value is -2.96. The van der Waals surface area contributed by atoms with Crippen LogP contribution in [-0.2, 0) is 9.53 Å². The fourth-order valence-electron chi connectivity index (χ4n) is 1.97. The summed E-state index contributed by atoms with van der Waals surface area (Å²) >= 11 is 0. The summed E-state index contributed by atoms with van der Waals surface area (Å²) < 4.78 is 30.8. The lowest BCUT2D eigenvalue weighted by Gasteiger charge is -2.09. The molecule has 0 unspecified atom stereocenters. The van der Waals surface area contributed by atoms with Gasteiger partial charge in [0.25, 0.3) is 0 Å². The molecule has 1 amide bonds. The SMILES string of the molecule is COC(=O)c1ccc(NC(=O)CCNc2ccc(F)cc2F)cc1. The van der Waals surface area contributed by atoms with Crippen molar-refractivity contribution in [1.82, 2.24) is 0 Å². The lowest BCUT2D eigenvalue weighted by atomic mass is 10.2. The highest BCUT2D eigenvalue weighted by Crippen LogP contribution is 2.15. The Morgan fingerprint density at radius 1 is 1.08 bits per heavy atom. The smallest absolute Gasteiger partial charge is 0.337 e. The number of methoxy groups -OCH3 is 1. The Bertz CT molecular complexity index is 733. The molecule has 0 fully saturated rings. The summed E-state index contributed by atoms with van der Waals surface area (Å²) in [6, 6.07) is 9.41. The third kappa shape index (κ3) is 4.77. The topological polar surface area (TPSA) is 67.4 Å². The van der Waals surface area contributed by atoms with E-state index in [0.29, 0.717) is 11.3 Å². The number of anilines is 2. The van der Waals surface area contributed by atoms with Crippen molar-refractivity contribution < 1.29 is 23.1 Å². The minimum absolute atomic E-state index is 0.0928. The van der Waals surface area contributed by atoms with Crippen LogP contribution in [0, 0.1) is 11.6 Å². The van der Waals surface area contributed by atoms with Gasteiger partial charge in [-0.15, -0.1) is 0 Å². The molecule has 7 heteroatoms. The molecule has 0 saturated carbocycles. The maximum atomic E-state index is 13.4. The molecule has 126 valence electrons. The van der Waals surface area contributed by atoms with Crippen LogP contribution in [0.25, 0.3) is 0 Å². The van der Waals surface area contributed by atoms with Gasteiger partial charge in [0, 0.05) is 24.7 Å². The molecule has 24 heavy (non-hydrogen) atoms. The van der Waals surface area contributed by atoms with Crippen LogP contribution in [0.2, 0.25) is 0 Å². The normalized spacial score (nSPS) is 10.1. The quantitative estimate of drug-likeness (QED) is 0.796. The van der Waals surface area contributed by atoms with Crippen molar-refractivity contribution in [3.8, 4) is 0 Å². The summed E-state index contributed by atoms with van der Waals surface area (Å²) in [5, 5.41) is 5.38. The number of carbonyl (C=O) groups is 2. The van der Waals surface area contributed by atoms with Crippen LogP contribution in [0.5, 0.6) is 0 Å². The zero-order chi connectivity index (χ0) is 17.5. The molecule has 0 radical (unpaired) electrons. The number of amides is 1. The lowest BCUT2D eigenvalue weighted by Crippen LogP contribution is -2.16. The van der Waals surface area contributed by atoms with Crippen molar-refractivity contribution in [3.05, 3.63) is 59.7 Å². The largest absolute Gasteiger partial charge is 0.465 e. The van der Waals surface area contributed by atoms with Crippen LogP contribution in [-0.4, -0.2) is 25.5 Å². The fraction of sp³-hybridized carbons (Fsp3) is 0.176. The molecular formula is C17H16F2N2O3. The van der Waals surface area contributed by atoms with Gasteiger partial charge in [-0.3, -0.25) is 4.79 Å². The summed E-state index contributed by atoms with van der Waals surface area (Å²) in [5.74, 6) is -2.12. The van der Waals surface area contributed by atoms with E-state index in [1.807, 2.05) is 0 Å². The van der Waals surface area contributed by atoms with Crippen molar-refractivity contribution in [3.63, 3.8) is 0 Å². The van der Waals surface area contributed by atoms with E-state index >= 15 is 0 Å². The van der Waals surface area contributed by atoms with Crippen molar-refractivity contribution in [2.24, 2.45) is 0 Å². The van der Waals surface area contributed by atoms with E-state index in [1.54, 1.807) is 12.1 Å². The summed E-state index contributed by atoms with van der Waals surface area (Å²) in [5.41, 5.74) is 1.04. The number of halogens is 2. The van der Waals surface area contributed by atoms with Crippen LogP contribution in [0.4, 0.5) is 20.2 Å². The van der Waals surface area contributed by atoms with Gasteiger partial charge in [-0.2, -0.15) is 0 Å². The van der Waals surface area contributed by atoms with Crippen LogP contribution in [0.1, 0.15) is 16.8 Å². The van der Waals surface area contributed by atoms with E-state index in [-0.39, 0.29) is 24.6 Å². The van der Waals surface area contributed by atoms with Crippen molar-refractivity contribution in [2.75, 3.05) is 24.3 Å². The molecular weight excluding hydrogens is 318 g/mol. The maximum Gasteiger partial charge on any atom is 0.337 e. The predicted molar refractivity (Wildman–Crippen MR) is 85.9 cm³/mol. The van der Waals surface area contributed by atoms with E-state index in [2.05, 4.69) is 15.4 Å². The fourth-order valence-corrected chi connectivity index (χ4v) is 1.97. The Labute approximate surface area is 137 Å². The van der Waals surface area contributed by atoms with Gasteiger partial charge in [0.1, 0.15) is 11.6 Å². The molecule has 0 aliphatic carbocycles. The summed E-state index contributed by atoms with van der Waals surface area (Å²) in [7, 11) is 1.29. The highest BCUT2D eigenvalue weighted by molar-refractivity contribution is 5.93. The molecule has 2 aromatic rings. The Kier molecular flexibility index (Phi) is 5.83. The summed E-state index contributed by atoms with van der Waals surface area (Å²) in [6.07, 6.45) is 0.0928. The second-order valence-corrected chi connectivity index (χ2v) is 4.92. The Morgan fingerprint density at radius 3 is 2.42 bits per heavy atom. The molecule has 2 N–H and O–H groups in total. The number of esters is 1. The number of nitrogens with one attached hydrogen (secondary N) is 2. The molecule has 0 atom stereocenters. The van der Waals surface area contributed by atoms with E-state index in [0.717, 1.165) is 12.1 Å². The first-order valence-corrected chi connectivity index (χ1v) is 7.17. The molecule has 5 nitrogen and oxygen atoms in total. The van der Waals surface area contributed by atoms with Gasteiger partial charge in [0.15, 0.2) is 0 Å². The van der Waals surface area contributed by atoms with Gasteiger partial charge in [0.05, 0.1) is 18.4 Å². The average molecular weight is 334 g/mol. The Balaban J connectivity index is 1.81. The predicted octanol–water partition coefficient (Wildman–Crippen LogP) is 3.19. The average Bonchev–Trinajstić information content (AvgIpc) is 2.57. The van der Waals surface area contributed by atoms with Crippen LogP contribution < -0.4 is 10.6 Å². The minimum atomic E-state index is -0.714. The first-order valence-electron chi connectivity index (χ1n) is 7.17. The number of hydrogen-bond acceptors (Lipinski definition) is 4. The highest BCUT2D eigenvalue weighted by atomic mass is 19.1. The number of hydrogen-bond donors (Lipinski definition) is 2. The monoisotopic (exact) mass is 334 g/mol. The second-order valence-electron chi connectivity index (χ2n) is 4.92. The standard InChI is InChI=1S/C17H16F2N2O3/c1-24-17(23)11-2-5-13(6-3-11)21-16(22)8-9-20-15-7-4-12(18)10-14(15)19/h2-7,10,20H,8-9H2,1H3,(H,21,22). The van der Waals surface area contributed by atoms with Crippen molar-refractivity contribution in [1.29, 1.82) is 0 Å². The number of carbonyl (C=O) groups excluding carboxylic acids is 2. The molecule has 0 saturated heterocycles. The third-order valence-corrected chi connectivity index (χ3v) is 3.19. The number of benzene rings is 2. The summed E-state index contributed by atoms with van der Waals surface area (Å²) in [6.45, 7) is 0.189. The van der Waals surface area contributed by atoms with E-state index < -0.39 is 17.6 Å². The maximum absolute atomic E-state index is 13.4. The number of rotatable bonds is 6. The lowest BCUT2D eigenvalue weighted by molar-refractivity contribution is -0.115. The first kappa shape index (κ1) is 17.4. The highest BCUT2D eigenvalue weighted by Gasteiger charge is 2.07. The van der Waals surface area contributed by atoms with Gasteiger partial charge in [0.2, 0.25) is 5.91 Å². The van der Waals surface area contributed by atoms with Crippen LogP contribution >= 0.6 is 0 Å². The molecule has 0 bridgehead atoms. The first-order chi connectivity index (χ1) is 11.5. The van der Waals surface area contributed by atoms with Gasteiger partial charge >= 0.3 is 5.97 Å². The summed E-state index contributed by atoms with van der Waals surface area (Å²) in [4.78, 5) is 23.1. The van der Waals surface area contributed by atoms with E-state index in [1.165, 1.54) is 25.3 Å². The zero-order valence-corrected chi connectivity index (χ0v) is 12.9. The van der Waals surface area contributed by atoms with E-state index in [4.69, 9.17) is 0 Å². The molecule has 0 heterocycles. The van der Waals surface area contributed by atoms with Gasteiger partial charge in [-0.1, -0.05) is 0 Å². The van der Waals surface area contributed by atoms with Crippen LogP contribution in [0.3, 0.4) is 0 Å². The van der Waals surface area contributed by atoms with Gasteiger partial charge in [-0.25, -0.2) is 13.6 Å². The van der Waals surface area contributed by atoms with Crippen molar-refractivity contribution >= 4 is 23.3 Å². The molecule has 0 aromatic heterocycles. The molecule has 2 aromatic carbocycles. The van der Waals surface area contributed by atoms with E-state index in [9.17, 15) is 18.4 Å². The van der Waals surface area contributed by atoms with Gasteiger partial charge < -0.3 is 15.4 Å². The zero-order valence-electron chi connectivity index (χ0n) is 12.9. The molecule has 0 aliphatic heterocycles. The molecule has 0 spiro atoms. The van der Waals surface area contributed by atoms with Crippen molar-refractivity contribution in [2.45, 2.75) is 6.42 Å². The molecule has 2 rings (SSSR count).